The summed E-state index contributed by atoms with van der Waals surface area (Å²) in [6, 6.07) is 25.4. The van der Waals surface area contributed by atoms with Gasteiger partial charge in [0.15, 0.2) is 0 Å². The Kier molecular flexibility index (Phi) is 10.2. The molecule has 1 unspecified atom stereocenters. The summed E-state index contributed by atoms with van der Waals surface area (Å²) in [5.74, 6) is 0.344. The van der Waals surface area contributed by atoms with Crippen LogP contribution in [-0.4, -0.2) is 94.8 Å². The number of piperazine rings is 1. The SMILES string of the molecule is COCCCOc1ccc(C[C@H]2C(=O)N(Cc3cccc4cccnc34)[C@@H](C)C3N2C(=O)CN(C)N3C(=O)NCc2ccccc2)cc1. The number of hydrogen-bond donors (Lipinski definition) is 1. The number of aromatic nitrogens is 1. The lowest BCUT2D eigenvalue weighted by molar-refractivity contribution is -0.196. The second-order valence-corrected chi connectivity index (χ2v) is 12.3. The molecule has 0 saturated carbocycles. The first-order chi connectivity index (χ1) is 23.4. The lowest BCUT2D eigenvalue weighted by Gasteiger charge is -2.57. The van der Waals surface area contributed by atoms with Crippen LogP contribution in [0.2, 0.25) is 0 Å². The van der Waals surface area contributed by atoms with E-state index in [1.807, 2.05) is 91.9 Å². The van der Waals surface area contributed by atoms with E-state index in [0.29, 0.717) is 19.8 Å². The van der Waals surface area contributed by atoms with Gasteiger partial charge in [-0.2, -0.15) is 0 Å². The van der Waals surface area contributed by atoms with Crippen LogP contribution in [0.4, 0.5) is 4.79 Å². The molecule has 2 saturated heterocycles. The van der Waals surface area contributed by atoms with Gasteiger partial charge in [-0.05, 0) is 41.8 Å². The highest BCUT2D eigenvalue weighted by atomic mass is 16.5. The van der Waals surface area contributed by atoms with Gasteiger partial charge in [-0.1, -0.05) is 66.7 Å². The Morgan fingerprint density at radius 3 is 2.48 bits per heavy atom. The van der Waals surface area contributed by atoms with Crippen molar-refractivity contribution in [1.82, 2.24) is 30.1 Å². The molecule has 0 bridgehead atoms. The van der Waals surface area contributed by atoms with Crippen molar-refractivity contribution in [2.45, 2.75) is 51.1 Å². The first kappa shape index (κ1) is 32.9. The van der Waals surface area contributed by atoms with Crippen LogP contribution in [0.25, 0.3) is 10.9 Å². The minimum absolute atomic E-state index is 0.0345. The van der Waals surface area contributed by atoms with E-state index in [-0.39, 0.29) is 37.4 Å². The largest absolute Gasteiger partial charge is 0.494 e. The lowest BCUT2D eigenvalue weighted by atomic mass is 9.94. The summed E-state index contributed by atoms with van der Waals surface area (Å²) >= 11 is 0. The highest BCUT2D eigenvalue weighted by Gasteiger charge is 2.54. The number of nitrogens with zero attached hydrogens (tertiary/aromatic N) is 5. The number of likely N-dealkylation sites (N-methyl/N-ethyl adjacent to an activating group) is 1. The first-order valence-electron chi connectivity index (χ1n) is 16.3. The Balaban J connectivity index is 1.32. The average Bonchev–Trinajstić information content (AvgIpc) is 3.10. The van der Waals surface area contributed by atoms with Crippen LogP contribution < -0.4 is 10.1 Å². The molecule has 2 fully saturated rings. The number of carbonyl (C=O) groups is 3. The number of carbonyl (C=O) groups excluding carboxylic acids is 3. The van der Waals surface area contributed by atoms with E-state index in [9.17, 15) is 14.4 Å². The molecular weight excluding hydrogens is 608 g/mol. The Bertz CT molecular complexity index is 1730. The average molecular weight is 651 g/mol. The van der Waals surface area contributed by atoms with E-state index in [1.54, 1.807) is 40.2 Å². The Morgan fingerprint density at radius 1 is 0.938 bits per heavy atom. The minimum Gasteiger partial charge on any atom is -0.494 e. The number of rotatable bonds is 11. The third-order valence-electron chi connectivity index (χ3n) is 9.05. The monoisotopic (exact) mass is 650 g/mol. The quantitative estimate of drug-likeness (QED) is 0.242. The number of amides is 4. The summed E-state index contributed by atoms with van der Waals surface area (Å²) in [5, 5.41) is 7.26. The van der Waals surface area contributed by atoms with Gasteiger partial charge in [-0.25, -0.2) is 14.8 Å². The summed E-state index contributed by atoms with van der Waals surface area (Å²) in [5.41, 5.74) is 3.55. The van der Waals surface area contributed by atoms with E-state index < -0.39 is 18.2 Å². The van der Waals surface area contributed by atoms with Gasteiger partial charge >= 0.3 is 6.03 Å². The van der Waals surface area contributed by atoms with E-state index in [2.05, 4.69) is 10.3 Å². The molecule has 4 aromatic rings. The number of methoxy groups -OCH3 is 1. The molecule has 3 heterocycles. The summed E-state index contributed by atoms with van der Waals surface area (Å²) in [6.07, 6.45) is 2.07. The van der Waals surface area contributed by atoms with Crippen molar-refractivity contribution in [3.63, 3.8) is 0 Å². The summed E-state index contributed by atoms with van der Waals surface area (Å²) in [7, 11) is 3.40. The van der Waals surface area contributed by atoms with E-state index in [0.717, 1.165) is 39.8 Å². The first-order valence-corrected chi connectivity index (χ1v) is 16.3. The fourth-order valence-electron chi connectivity index (χ4n) is 6.64. The number of hydrogen-bond acceptors (Lipinski definition) is 7. The predicted octanol–water partition coefficient (Wildman–Crippen LogP) is 4.22. The number of pyridine rings is 1. The molecule has 48 heavy (non-hydrogen) atoms. The van der Waals surface area contributed by atoms with Gasteiger partial charge < -0.3 is 24.6 Å². The molecular formula is C37H42N6O5. The van der Waals surface area contributed by atoms with Crippen LogP contribution in [0.5, 0.6) is 5.75 Å². The number of urea groups is 1. The molecule has 2 aliphatic heterocycles. The summed E-state index contributed by atoms with van der Waals surface area (Å²) in [6.45, 7) is 3.63. The van der Waals surface area contributed by atoms with E-state index in [4.69, 9.17) is 9.47 Å². The molecule has 3 atom stereocenters. The maximum atomic E-state index is 14.6. The highest BCUT2D eigenvalue weighted by molar-refractivity contribution is 5.92. The molecule has 1 aromatic heterocycles. The van der Waals surface area contributed by atoms with Crippen molar-refractivity contribution in [2.75, 3.05) is 33.9 Å². The molecule has 0 radical (unpaired) electrons. The zero-order valence-corrected chi connectivity index (χ0v) is 27.6. The molecule has 0 spiro atoms. The van der Waals surface area contributed by atoms with E-state index >= 15 is 0 Å². The molecule has 4 amide bonds. The Morgan fingerprint density at radius 2 is 1.71 bits per heavy atom. The van der Waals surface area contributed by atoms with Crippen molar-refractivity contribution >= 4 is 28.7 Å². The highest BCUT2D eigenvalue weighted by Crippen LogP contribution is 2.33. The van der Waals surface area contributed by atoms with Gasteiger partial charge in [-0.15, -0.1) is 0 Å². The zero-order chi connectivity index (χ0) is 33.6. The second kappa shape index (κ2) is 14.8. The third-order valence-corrected chi connectivity index (χ3v) is 9.05. The number of ether oxygens (including phenoxy) is 2. The molecule has 0 aliphatic carbocycles. The second-order valence-electron chi connectivity index (χ2n) is 12.3. The maximum Gasteiger partial charge on any atom is 0.334 e. The molecule has 3 aromatic carbocycles. The minimum atomic E-state index is -0.826. The molecule has 11 nitrogen and oxygen atoms in total. The van der Waals surface area contributed by atoms with Gasteiger partial charge in [0.1, 0.15) is 18.0 Å². The van der Waals surface area contributed by atoms with Crippen LogP contribution >= 0.6 is 0 Å². The van der Waals surface area contributed by atoms with Crippen LogP contribution in [0, 0.1) is 0 Å². The van der Waals surface area contributed by atoms with E-state index in [1.165, 1.54) is 0 Å². The number of nitrogens with one attached hydrogen (secondary N) is 1. The van der Waals surface area contributed by atoms with Crippen molar-refractivity contribution < 1.29 is 23.9 Å². The molecule has 6 rings (SSSR count). The molecule has 250 valence electrons. The maximum absolute atomic E-state index is 14.6. The Hall–Kier alpha value is -5.00. The lowest BCUT2D eigenvalue weighted by Crippen LogP contribution is -2.78. The number of hydrazine groups is 1. The van der Waals surface area contributed by atoms with Gasteiger partial charge in [0.2, 0.25) is 11.8 Å². The fourth-order valence-corrected chi connectivity index (χ4v) is 6.64. The van der Waals surface area contributed by atoms with Gasteiger partial charge in [0, 0.05) is 58.3 Å². The Labute approximate surface area is 281 Å². The van der Waals surface area contributed by atoms with Gasteiger partial charge in [-0.3, -0.25) is 14.6 Å². The van der Waals surface area contributed by atoms with Crippen LogP contribution in [-0.2, 0) is 33.8 Å². The normalized spacial score (nSPS) is 19.8. The fraction of sp³-hybridized carbons (Fsp3) is 0.351. The zero-order valence-electron chi connectivity index (χ0n) is 27.6. The number of benzene rings is 3. The van der Waals surface area contributed by atoms with Gasteiger partial charge in [0.05, 0.1) is 24.7 Å². The van der Waals surface area contributed by atoms with Crippen LogP contribution in [0.15, 0.2) is 91.1 Å². The molecule has 11 heteroatoms. The summed E-state index contributed by atoms with van der Waals surface area (Å²) < 4.78 is 10.9. The number of para-hydroxylation sites is 1. The predicted molar refractivity (Wildman–Crippen MR) is 181 cm³/mol. The van der Waals surface area contributed by atoms with Gasteiger partial charge in [0.25, 0.3) is 0 Å². The van der Waals surface area contributed by atoms with Crippen LogP contribution in [0.1, 0.15) is 30.0 Å². The standard InChI is InChI=1S/C37H42N6O5/c1-26-35-42(33(44)25-40(2)43(35)37(46)39-23-28-10-5-4-6-11-28)32(22-27-15-17-31(18-16-27)48-21-9-20-47-3)36(45)41(26)24-30-13-7-12-29-14-8-19-38-34(29)30/h4-8,10-19,26,32,35H,9,20-25H2,1-3H3,(H,39,46)/t26-,32-,35?/m0/s1. The molecule has 1 N–H and O–H groups in total. The summed E-state index contributed by atoms with van der Waals surface area (Å²) in [4.78, 5) is 50.4. The smallest absolute Gasteiger partial charge is 0.334 e. The van der Waals surface area contributed by atoms with Crippen molar-refractivity contribution in [3.05, 3.63) is 108 Å². The van der Waals surface area contributed by atoms with Crippen molar-refractivity contribution in [1.29, 1.82) is 0 Å². The van der Waals surface area contributed by atoms with Crippen LogP contribution in [0.3, 0.4) is 0 Å². The molecule has 2 aliphatic rings. The van der Waals surface area contributed by atoms with Crippen molar-refractivity contribution in [2.24, 2.45) is 0 Å². The third kappa shape index (κ3) is 6.97. The number of fused-ring (bicyclic) bond motifs is 2. The van der Waals surface area contributed by atoms with Crippen molar-refractivity contribution in [3.8, 4) is 5.75 Å². The topological polar surface area (TPSA) is 108 Å².